The topological polar surface area (TPSA) is 60.3 Å². The molecule has 0 radical (unpaired) electrons. The molecule has 0 spiro atoms. The summed E-state index contributed by atoms with van der Waals surface area (Å²) in [5.74, 6) is -0.251. The highest BCUT2D eigenvalue weighted by atomic mass is 19.3. The van der Waals surface area contributed by atoms with Crippen molar-refractivity contribution >= 4 is 11.7 Å². The smallest absolute Gasteiger partial charge is 0.387 e. The Bertz CT molecular complexity index is 845. The van der Waals surface area contributed by atoms with E-state index in [2.05, 4.69) is 10.1 Å². The first-order valence-electron chi connectivity index (χ1n) is 8.41. The van der Waals surface area contributed by atoms with Crippen molar-refractivity contribution in [1.82, 2.24) is 9.88 Å². The zero-order chi connectivity index (χ0) is 18.8. The Morgan fingerprint density at radius 3 is 2.73 bits per heavy atom. The van der Waals surface area contributed by atoms with Gasteiger partial charge >= 0.3 is 6.61 Å². The lowest BCUT2D eigenvalue weighted by Gasteiger charge is -2.27. The molecule has 1 aliphatic rings. The van der Waals surface area contributed by atoms with E-state index < -0.39 is 6.61 Å². The number of Topliss-reactive ketones (excluding diaryl/α,β-unsaturated/α-hetero) is 1. The predicted octanol–water partition coefficient (Wildman–Crippen LogP) is 3.64. The highest BCUT2D eigenvalue weighted by molar-refractivity contribution is 5.99. The van der Waals surface area contributed by atoms with E-state index in [0.29, 0.717) is 11.3 Å². The molecule has 1 atom stereocenters. The maximum atomic E-state index is 12.6. The van der Waals surface area contributed by atoms with Gasteiger partial charge in [-0.3, -0.25) is 9.59 Å². The van der Waals surface area contributed by atoms with Gasteiger partial charge in [0.1, 0.15) is 11.4 Å². The highest BCUT2D eigenvalue weighted by Crippen LogP contribution is 2.33. The van der Waals surface area contributed by atoms with Crippen molar-refractivity contribution < 1.29 is 23.1 Å². The molecule has 0 unspecified atom stereocenters. The van der Waals surface area contributed by atoms with E-state index in [0.717, 1.165) is 30.4 Å². The SMILES string of the molecule is CC(=O)c1cc(C(=O)N[C@@H]2CCCc3cc(OC(F)F)ccc32)n(C)c1. The molecule has 1 amide bonds. The number of alkyl halides is 2. The van der Waals surface area contributed by atoms with Gasteiger partial charge in [0.15, 0.2) is 5.78 Å². The molecule has 26 heavy (non-hydrogen) atoms. The number of ether oxygens (including phenoxy) is 1. The van der Waals surface area contributed by atoms with Crippen LogP contribution in [0.5, 0.6) is 5.75 Å². The molecule has 138 valence electrons. The number of halogens is 2. The summed E-state index contributed by atoms with van der Waals surface area (Å²) in [6.45, 7) is -1.41. The molecule has 5 nitrogen and oxygen atoms in total. The van der Waals surface area contributed by atoms with E-state index in [-0.39, 0.29) is 23.5 Å². The number of aryl methyl sites for hydroxylation is 2. The number of carbonyl (C=O) groups is 2. The number of nitrogens with one attached hydrogen (secondary N) is 1. The van der Waals surface area contributed by atoms with Crippen molar-refractivity contribution in [2.24, 2.45) is 7.05 Å². The molecular formula is C19H20F2N2O3. The van der Waals surface area contributed by atoms with Crippen LogP contribution in [0.4, 0.5) is 8.78 Å². The van der Waals surface area contributed by atoms with Gasteiger partial charge < -0.3 is 14.6 Å². The first kappa shape index (κ1) is 18.1. The van der Waals surface area contributed by atoms with E-state index in [1.807, 2.05) is 0 Å². The molecule has 1 heterocycles. The Balaban J connectivity index is 1.79. The van der Waals surface area contributed by atoms with Crippen molar-refractivity contribution in [2.75, 3.05) is 0 Å². The van der Waals surface area contributed by atoms with Crippen LogP contribution in [0.25, 0.3) is 0 Å². The number of ketones is 1. The van der Waals surface area contributed by atoms with Gasteiger partial charge in [0, 0.05) is 18.8 Å². The molecule has 1 aromatic carbocycles. The molecule has 0 saturated heterocycles. The molecule has 7 heteroatoms. The minimum atomic E-state index is -2.86. The van der Waals surface area contributed by atoms with Crippen LogP contribution in [0, 0.1) is 0 Å². The van der Waals surface area contributed by atoms with E-state index in [4.69, 9.17) is 0 Å². The number of amides is 1. The number of benzene rings is 1. The third-order valence-corrected chi connectivity index (χ3v) is 4.60. The van der Waals surface area contributed by atoms with Crippen LogP contribution in [0.15, 0.2) is 30.5 Å². The number of aromatic nitrogens is 1. The normalized spacial score (nSPS) is 16.3. The number of nitrogens with zero attached hydrogens (tertiary/aromatic N) is 1. The Morgan fingerprint density at radius 1 is 1.31 bits per heavy atom. The van der Waals surface area contributed by atoms with Crippen LogP contribution in [-0.4, -0.2) is 22.9 Å². The summed E-state index contributed by atoms with van der Waals surface area (Å²) in [4.78, 5) is 24.1. The average Bonchev–Trinajstić information content (AvgIpc) is 2.96. The first-order chi connectivity index (χ1) is 12.3. The molecule has 1 aromatic heterocycles. The molecule has 0 bridgehead atoms. The maximum absolute atomic E-state index is 12.6. The molecule has 0 aliphatic heterocycles. The second-order valence-corrected chi connectivity index (χ2v) is 6.44. The van der Waals surface area contributed by atoms with E-state index in [1.54, 1.807) is 36.0 Å². The second kappa shape index (κ2) is 7.27. The Hall–Kier alpha value is -2.70. The number of hydrogen-bond acceptors (Lipinski definition) is 3. The third-order valence-electron chi connectivity index (χ3n) is 4.60. The maximum Gasteiger partial charge on any atom is 0.387 e. The van der Waals surface area contributed by atoms with Gasteiger partial charge in [0.2, 0.25) is 0 Å². The Labute approximate surface area is 150 Å². The third kappa shape index (κ3) is 3.76. The summed E-state index contributed by atoms with van der Waals surface area (Å²) in [5, 5.41) is 2.98. The molecule has 0 fully saturated rings. The largest absolute Gasteiger partial charge is 0.435 e. The summed E-state index contributed by atoms with van der Waals surface area (Å²) in [6, 6.07) is 6.19. The molecular weight excluding hydrogens is 342 g/mol. The van der Waals surface area contributed by atoms with Crippen molar-refractivity contribution in [3.63, 3.8) is 0 Å². The van der Waals surface area contributed by atoms with Gasteiger partial charge in [0.25, 0.3) is 5.91 Å². The summed E-state index contributed by atoms with van der Waals surface area (Å²) in [5.41, 5.74) is 2.69. The van der Waals surface area contributed by atoms with Crippen LogP contribution in [0.2, 0.25) is 0 Å². The molecule has 0 saturated carbocycles. The molecule has 3 rings (SSSR count). The minimum absolute atomic E-state index is 0.103. The van der Waals surface area contributed by atoms with E-state index in [9.17, 15) is 18.4 Å². The quantitative estimate of drug-likeness (QED) is 0.826. The van der Waals surface area contributed by atoms with Gasteiger partial charge in [0.05, 0.1) is 6.04 Å². The zero-order valence-electron chi connectivity index (χ0n) is 14.6. The fraction of sp³-hybridized carbons (Fsp3) is 0.368. The van der Waals surface area contributed by atoms with Gasteiger partial charge in [-0.25, -0.2) is 0 Å². The number of hydrogen-bond donors (Lipinski definition) is 1. The van der Waals surface area contributed by atoms with Gasteiger partial charge in [-0.2, -0.15) is 8.78 Å². The van der Waals surface area contributed by atoms with Crippen LogP contribution in [0.1, 0.15) is 57.8 Å². The fourth-order valence-electron chi connectivity index (χ4n) is 3.33. The summed E-state index contributed by atoms with van der Waals surface area (Å²) < 4.78 is 30.8. The summed E-state index contributed by atoms with van der Waals surface area (Å²) in [6.07, 6.45) is 3.97. The van der Waals surface area contributed by atoms with Crippen molar-refractivity contribution in [1.29, 1.82) is 0 Å². The Morgan fingerprint density at radius 2 is 2.08 bits per heavy atom. The predicted molar refractivity (Wildman–Crippen MR) is 91.6 cm³/mol. The molecule has 2 aromatic rings. The lowest BCUT2D eigenvalue weighted by atomic mass is 9.87. The van der Waals surface area contributed by atoms with Crippen LogP contribution in [-0.2, 0) is 13.5 Å². The molecule has 1 N–H and O–H groups in total. The van der Waals surface area contributed by atoms with Crippen LogP contribution >= 0.6 is 0 Å². The standard InChI is InChI=1S/C19H20F2N2O3/c1-11(24)13-9-17(23(2)10-13)18(25)22-16-5-3-4-12-8-14(26-19(20)21)6-7-15(12)16/h6-10,16,19H,3-5H2,1-2H3,(H,22,25)/t16-/m1/s1. The van der Waals surface area contributed by atoms with Crippen molar-refractivity contribution in [3.05, 3.63) is 52.8 Å². The van der Waals surface area contributed by atoms with Gasteiger partial charge in [-0.1, -0.05) is 6.07 Å². The highest BCUT2D eigenvalue weighted by Gasteiger charge is 2.24. The van der Waals surface area contributed by atoms with E-state index in [1.165, 1.54) is 13.0 Å². The first-order valence-corrected chi connectivity index (χ1v) is 8.41. The number of carbonyl (C=O) groups excluding carboxylic acids is 2. The van der Waals surface area contributed by atoms with Crippen molar-refractivity contribution in [3.8, 4) is 5.75 Å². The van der Waals surface area contributed by atoms with Crippen molar-refractivity contribution in [2.45, 2.75) is 38.8 Å². The van der Waals surface area contributed by atoms with Gasteiger partial charge in [-0.05, 0) is 55.5 Å². The summed E-state index contributed by atoms with van der Waals surface area (Å²) in [7, 11) is 1.71. The second-order valence-electron chi connectivity index (χ2n) is 6.44. The number of rotatable bonds is 5. The van der Waals surface area contributed by atoms with Gasteiger partial charge in [-0.15, -0.1) is 0 Å². The number of fused-ring (bicyclic) bond motifs is 1. The zero-order valence-corrected chi connectivity index (χ0v) is 14.6. The molecule has 1 aliphatic carbocycles. The monoisotopic (exact) mass is 362 g/mol. The lowest BCUT2D eigenvalue weighted by molar-refractivity contribution is -0.0499. The fourth-order valence-corrected chi connectivity index (χ4v) is 3.33. The van der Waals surface area contributed by atoms with Crippen LogP contribution < -0.4 is 10.1 Å². The average molecular weight is 362 g/mol. The van der Waals surface area contributed by atoms with Crippen LogP contribution in [0.3, 0.4) is 0 Å². The lowest BCUT2D eigenvalue weighted by Crippen LogP contribution is -2.32. The van der Waals surface area contributed by atoms with E-state index >= 15 is 0 Å². The summed E-state index contributed by atoms with van der Waals surface area (Å²) >= 11 is 0. The minimum Gasteiger partial charge on any atom is -0.435 e. The Kier molecular flexibility index (Phi) is 5.06.